The molecule has 0 atom stereocenters. The molecule has 1 aliphatic rings. The molecule has 1 aromatic rings. The maximum absolute atomic E-state index is 13.4. The van der Waals surface area contributed by atoms with Crippen molar-refractivity contribution in [1.82, 2.24) is 0 Å². The van der Waals surface area contributed by atoms with E-state index in [-0.39, 0.29) is 0 Å². The second-order valence-electron chi connectivity index (χ2n) is 3.38. The molecule has 0 bridgehead atoms. The molecule has 0 aromatic heterocycles. The van der Waals surface area contributed by atoms with Gasteiger partial charge in [-0.1, -0.05) is 18.2 Å². The van der Waals surface area contributed by atoms with E-state index in [9.17, 15) is 13.2 Å². The maximum atomic E-state index is 13.4. The van der Waals surface area contributed by atoms with Crippen LogP contribution in [0.3, 0.4) is 0 Å². The molecule has 2 rings (SSSR count). The van der Waals surface area contributed by atoms with Crippen LogP contribution in [0.1, 0.15) is 18.4 Å². The summed E-state index contributed by atoms with van der Waals surface area (Å²) >= 11 is 0. The van der Waals surface area contributed by atoms with Crippen molar-refractivity contribution in [2.45, 2.75) is 18.8 Å². The summed E-state index contributed by atoms with van der Waals surface area (Å²) < 4.78 is 39.7. The predicted molar refractivity (Wildman–Crippen MR) is 43.0 cm³/mol. The quantitative estimate of drug-likeness (QED) is 0.664. The smallest absolute Gasteiger partial charge is 0.206 e. The summed E-state index contributed by atoms with van der Waals surface area (Å²) in [5.41, 5.74) is -0.461. The van der Waals surface area contributed by atoms with Gasteiger partial charge in [0.15, 0.2) is 0 Å². The van der Waals surface area contributed by atoms with Gasteiger partial charge in [-0.2, -0.15) is 0 Å². The van der Waals surface area contributed by atoms with Crippen molar-refractivity contribution in [3.8, 4) is 0 Å². The zero-order valence-electron chi connectivity index (χ0n) is 6.93. The minimum Gasteiger partial charge on any atom is -0.206 e. The summed E-state index contributed by atoms with van der Waals surface area (Å²) in [6.07, 6.45) is 1.00. The molecule has 0 unspecified atom stereocenters. The molecule has 0 aliphatic heterocycles. The molecule has 0 N–H and O–H groups in total. The topological polar surface area (TPSA) is 0 Å². The van der Waals surface area contributed by atoms with Crippen molar-refractivity contribution in [2.75, 3.05) is 0 Å². The molecule has 13 heavy (non-hydrogen) atoms. The lowest BCUT2D eigenvalue weighted by Crippen LogP contribution is -2.17. The van der Waals surface area contributed by atoms with Crippen LogP contribution in [0, 0.1) is 11.7 Å². The highest BCUT2D eigenvalue weighted by Gasteiger charge is 2.49. The van der Waals surface area contributed by atoms with Crippen molar-refractivity contribution in [1.29, 1.82) is 0 Å². The summed E-state index contributed by atoms with van der Waals surface area (Å²) in [4.78, 5) is 0. The molecule has 0 amide bonds. The Morgan fingerprint density at radius 1 is 1.15 bits per heavy atom. The monoisotopic (exact) mass is 186 g/mol. The highest BCUT2D eigenvalue weighted by Crippen LogP contribution is 2.50. The first-order chi connectivity index (χ1) is 6.12. The number of benzene rings is 1. The standard InChI is InChI=1S/C10H9F3/c11-9-4-2-1-3-8(9)10(12,13)7-5-6-7/h1-4,7H,5-6H2. The fourth-order valence-corrected chi connectivity index (χ4v) is 1.40. The van der Waals surface area contributed by atoms with Gasteiger partial charge in [0, 0.05) is 5.92 Å². The Balaban J connectivity index is 2.38. The van der Waals surface area contributed by atoms with Crippen LogP contribution in [0.5, 0.6) is 0 Å². The summed E-state index contributed by atoms with van der Waals surface area (Å²) in [6, 6.07) is 5.09. The van der Waals surface area contributed by atoms with Gasteiger partial charge in [0.05, 0.1) is 5.56 Å². The third-order valence-corrected chi connectivity index (χ3v) is 2.32. The molecule has 1 aromatic carbocycles. The molecule has 1 saturated carbocycles. The second-order valence-corrected chi connectivity index (χ2v) is 3.38. The van der Waals surface area contributed by atoms with Crippen molar-refractivity contribution in [3.05, 3.63) is 35.6 Å². The van der Waals surface area contributed by atoms with Gasteiger partial charge in [0.2, 0.25) is 0 Å². The van der Waals surface area contributed by atoms with Gasteiger partial charge in [-0.25, -0.2) is 13.2 Å². The van der Waals surface area contributed by atoms with Crippen molar-refractivity contribution in [2.24, 2.45) is 5.92 Å². The van der Waals surface area contributed by atoms with E-state index >= 15 is 0 Å². The number of hydrogen-bond acceptors (Lipinski definition) is 0. The lowest BCUT2D eigenvalue weighted by Gasteiger charge is -2.16. The molecule has 70 valence electrons. The van der Waals surface area contributed by atoms with E-state index in [1.165, 1.54) is 12.1 Å². The first-order valence-electron chi connectivity index (χ1n) is 4.25. The van der Waals surface area contributed by atoms with Crippen LogP contribution in [0.25, 0.3) is 0 Å². The number of halogens is 3. The van der Waals surface area contributed by atoms with Gasteiger partial charge in [-0.3, -0.25) is 0 Å². The minimum atomic E-state index is -2.98. The number of hydrogen-bond donors (Lipinski definition) is 0. The van der Waals surface area contributed by atoms with E-state index in [1.54, 1.807) is 0 Å². The van der Waals surface area contributed by atoms with E-state index in [1.807, 2.05) is 0 Å². The molecule has 1 aliphatic carbocycles. The van der Waals surface area contributed by atoms with Crippen LogP contribution >= 0.6 is 0 Å². The molecule has 3 heteroatoms. The fourth-order valence-electron chi connectivity index (χ4n) is 1.40. The molecule has 0 radical (unpaired) electrons. The SMILES string of the molecule is Fc1ccccc1C(F)(F)C1CC1. The first-order valence-corrected chi connectivity index (χ1v) is 4.25. The molecule has 0 spiro atoms. The predicted octanol–water partition coefficient (Wildman–Crippen LogP) is 3.33. The second kappa shape index (κ2) is 2.76. The van der Waals surface area contributed by atoms with Gasteiger partial charge in [-0.05, 0) is 18.9 Å². The largest absolute Gasteiger partial charge is 0.278 e. The van der Waals surface area contributed by atoms with Crippen molar-refractivity contribution in [3.63, 3.8) is 0 Å². The van der Waals surface area contributed by atoms with Crippen LogP contribution < -0.4 is 0 Å². The summed E-state index contributed by atoms with van der Waals surface area (Å²) in [5.74, 6) is -4.44. The third-order valence-electron chi connectivity index (χ3n) is 2.32. The van der Waals surface area contributed by atoms with Crippen LogP contribution in [-0.2, 0) is 5.92 Å². The Labute approximate surface area is 74.4 Å². The zero-order valence-corrected chi connectivity index (χ0v) is 6.93. The Kier molecular flexibility index (Phi) is 1.82. The average Bonchev–Trinajstić information content (AvgIpc) is 2.86. The molecule has 0 heterocycles. The minimum absolute atomic E-state index is 0.461. The number of alkyl halides is 2. The van der Waals surface area contributed by atoms with Crippen LogP contribution in [0.15, 0.2) is 24.3 Å². The van der Waals surface area contributed by atoms with E-state index in [0.717, 1.165) is 12.1 Å². The molecular formula is C10H9F3. The normalized spacial score (nSPS) is 17.5. The zero-order chi connectivity index (χ0) is 9.47. The summed E-state index contributed by atoms with van der Waals surface area (Å²) in [5, 5.41) is 0. The van der Waals surface area contributed by atoms with Crippen molar-refractivity contribution >= 4 is 0 Å². The van der Waals surface area contributed by atoms with E-state index in [4.69, 9.17) is 0 Å². The van der Waals surface area contributed by atoms with Crippen molar-refractivity contribution < 1.29 is 13.2 Å². The summed E-state index contributed by atoms with van der Waals surface area (Å²) in [6.45, 7) is 0. The molecule has 0 saturated heterocycles. The van der Waals surface area contributed by atoms with E-state index in [2.05, 4.69) is 0 Å². The number of rotatable bonds is 2. The third kappa shape index (κ3) is 1.43. The lowest BCUT2D eigenvalue weighted by atomic mass is 10.0. The van der Waals surface area contributed by atoms with Crippen LogP contribution in [0.2, 0.25) is 0 Å². The van der Waals surface area contributed by atoms with Gasteiger partial charge in [0.25, 0.3) is 5.92 Å². The Hall–Kier alpha value is -0.990. The van der Waals surface area contributed by atoms with Gasteiger partial charge < -0.3 is 0 Å². The average molecular weight is 186 g/mol. The Morgan fingerprint density at radius 2 is 1.77 bits per heavy atom. The van der Waals surface area contributed by atoms with E-state index < -0.39 is 23.2 Å². The van der Waals surface area contributed by atoms with Gasteiger partial charge in [0.1, 0.15) is 5.82 Å². The Morgan fingerprint density at radius 3 is 2.31 bits per heavy atom. The lowest BCUT2D eigenvalue weighted by molar-refractivity contribution is -0.0317. The van der Waals surface area contributed by atoms with Crippen LogP contribution in [-0.4, -0.2) is 0 Å². The Bertz CT molecular complexity index is 316. The highest BCUT2D eigenvalue weighted by atomic mass is 19.3. The molecular weight excluding hydrogens is 177 g/mol. The van der Waals surface area contributed by atoms with Crippen LogP contribution in [0.4, 0.5) is 13.2 Å². The summed E-state index contributed by atoms with van der Waals surface area (Å²) in [7, 11) is 0. The molecule has 0 nitrogen and oxygen atoms in total. The fraction of sp³-hybridized carbons (Fsp3) is 0.400. The van der Waals surface area contributed by atoms with Gasteiger partial charge >= 0.3 is 0 Å². The van der Waals surface area contributed by atoms with E-state index in [0.29, 0.717) is 12.8 Å². The molecule has 1 fully saturated rings. The maximum Gasteiger partial charge on any atom is 0.278 e. The first kappa shape index (κ1) is 8.60. The highest BCUT2D eigenvalue weighted by molar-refractivity contribution is 5.24. The van der Waals surface area contributed by atoms with Gasteiger partial charge in [-0.15, -0.1) is 0 Å².